The minimum Gasteiger partial charge on any atom is -0.458 e. The molecule has 1 nitrogen and oxygen atoms in total. The molecule has 1 saturated carbocycles. The summed E-state index contributed by atoms with van der Waals surface area (Å²) in [5, 5.41) is 0. The number of rotatable bonds is 0. The third-order valence-electron chi connectivity index (χ3n) is 4.67. The molecule has 0 aromatic rings. The van der Waals surface area contributed by atoms with Gasteiger partial charge in [0.2, 0.25) is 0 Å². The van der Waals surface area contributed by atoms with Gasteiger partial charge in [0.15, 0.2) is 0 Å². The Morgan fingerprint density at radius 1 is 1.33 bits per heavy atom. The van der Waals surface area contributed by atoms with Gasteiger partial charge in [-0.2, -0.15) is 0 Å². The van der Waals surface area contributed by atoms with Crippen LogP contribution in [0.2, 0.25) is 0 Å². The van der Waals surface area contributed by atoms with Crippen LogP contribution in [0, 0.1) is 23.8 Å². The van der Waals surface area contributed by atoms with Crippen molar-refractivity contribution in [3.05, 3.63) is 7.05 Å². The van der Waals surface area contributed by atoms with E-state index in [1.165, 1.54) is 25.9 Å². The Labute approximate surface area is 76.1 Å². The third kappa shape index (κ3) is 0.891. The van der Waals surface area contributed by atoms with Crippen molar-refractivity contribution < 1.29 is 0 Å². The molecule has 1 saturated heterocycles. The molecule has 0 spiro atoms. The van der Waals surface area contributed by atoms with Crippen LogP contribution < -0.4 is 0 Å². The highest BCUT2D eigenvalue weighted by Crippen LogP contribution is 2.58. The Kier molecular flexibility index (Phi) is 1.61. The topological polar surface area (TPSA) is 3.24 Å². The molecule has 2 bridgehead atoms. The Morgan fingerprint density at radius 2 is 2.00 bits per heavy atom. The van der Waals surface area contributed by atoms with Gasteiger partial charge < -0.3 is 4.90 Å². The van der Waals surface area contributed by atoms with Crippen LogP contribution in [0.4, 0.5) is 0 Å². The molecule has 2 aliphatic rings. The van der Waals surface area contributed by atoms with Crippen molar-refractivity contribution in [2.45, 2.75) is 33.6 Å². The largest absolute Gasteiger partial charge is 0.458 e. The van der Waals surface area contributed by atoms with Gasteiger partial charge in [-0.25, -0.2) is 0 Å². The Morgan fingerprint density at radius 3 is 2.58 bits per heavy atom. The second-order valence-electron chi connectivity index (χ2n) is 5.53. The summed E-state index contributed by atoms with van der Waals surface area (Å²) in [6.45, 7) is 9.72. The lowest BCUT2D eigenvalue weighted by Gasteiger charge is -2.52. The molecule has 1 aliphatic heterocycles. The number of likely N-dealkylation sites (tertiary alicyclic amines) is 1. The molecule has 1 aliphatic carbocycles. The van der Waals surface area contributed by atoms with Crippen LogP contribution in [0.25, 0.3) is 0 Å². The minimum atomic E-state index is 0.525. The monoisotopic (exact) mass is 166 g/mol. The van der Waals surface area contributed by atoms with E-state index >= 15 is 0 Å². The molecule has 1 heterocycles. The van der Waals surface area contributed by atoms with Gasteiger partial charge in [-0.05, 0) is 42.7 Å². The maximum atomic E-state index is 4.08. The maximum absolute atomic E-state index is 4.08. The highest BCUT2D eigenvalue weighted by Gasteiger charge is 2.53. The first kappa shape index (κ1) is 8.55. The highest BCUT2D eigenvalue weighted by molar-refractivity contribution is 5.05. The second-order valence-corrected chi connectivity index (χ2v) is 5.53. The van der Waals surface area contributed by atoms with E-state index in [0.717, 1.165) is 5.92 Å². The summed E-state index contributed by atoms with van der Waals surface area (Å²) in [6, 6.07) is 0. The van der Waals surface area contributed by atoms with Crippen LogP contribution in [0.1, 0.15) is 33.6 Å². The molecule has 1 heteroatoms. The average Bonchev–Trinajstić information content (AvgIpc) is 2.16. The van der Waals surface area contributed by atoms with Crippen molar-refractivity contribution in [2.75, 3.05) is 13.1 Å². The van der Waals surface area contributed by atoms with Crippen LogP contribution in [-0.4, -0.2) is 18.0 Å². The molecule has 0 radical (unpaired) electrons. The van der Waals surface area contributed by atoms with Crippen molar-refractivity contribution in [1.82, 2.24) is 4.90 Å². The summed E-state index contributed by atoms with van der Waals surface area (Å²) in [4.78, 5) is 2.27. The first-order chi connectivity index (χ1) is 5.46. The molecule has 0 aromatic heterocycles. The fraction of sp³-hybridized carbons (Fsp3) is 0.909. The van der Waals surface area contributed by atoms with Crippen LogP contribution >= 0.6 is 0 Å². The molecule has 2 fully saturated rings. The molecule has 0 N–H and O–H groups in total. The number of hydrogen-bond donors (Lipinski definition) is 0. The Hall–Kier alpha value is -0.0400. The quantitative estimate of drug-likeness (QED) is 0.500. The van der Waals surface area contributed by atoms with E-state index < -0.39 is 0 Å². The molecule has 0 amide bonds. The molecule has 0 aromatic carbocycles. The Bertz CT molecular complexity index is 197. The fourth-order valence-corrected chi connectivity index (χ4v) is 3.14. The third-order valence-corrected chi connectivity index (χ3v) is 4.67. The van der Waals surface area contributed by atoms with Crippen LogP contribution in [0.3, 0.4) is 0 Å². The molecule has 70 valence electrons. The van der Waals surface area contributed by atoms with E-state index in [-0.39, 0.29) is 0 Å². The zero-order valence-electron chi connectivity index (χ0n) is 8.56. The van der Waals surface area contributed by atoms with Gasteiger partial charge in [-0.3, -0.25) is 7.05 Å². The van der Waals surface area contributed by atoms with Gasteiger partial charge >= 0.3 is 0 Å². The summed E-state index contributed by atoms with van der Waals surface area (Å²) in [5.41, 5.74) is 1.07. The SMILES string of the molecule is [CH2-]N1CC2CCC(C)(C1)C2(C)C. The number of hydrogen-bond acceptors (Lipinski definition) is 1. The van der Waals surface area contributed by atoms with Gasteiger partial charge in [0.05, 0.1) is 0 Å². The predicted octanol–water partition coefficient (Wildman–Crippen LogP) is 2.54. The molecular weight excluding hydrogens is 146 g/mol. The van der Waals surface area contributed by atoms with E-state index in [1.807, 2.05) is 0 Å². The van der Waals surface area contributed by atoms with E-state index in [9.17, 15) is 0 Å². The normalized spacial score (nSPS) is 46.5. The summed E-state index contributed by atoms with van der Waals surface area (Å²) in [5.74, 6) is 0.883. The van der Waals surface area contributed by atoms with Crippen LogP contribution in [-0.2, 0) is 0 Å². The van der Waals surface area contributed by atoms with E-state index in [2.05, 4.69) is 32.7 Å². The lowest BCUT2D eigenvalue weighted by Crippen LogP contribution is -2.49. The minimum absolute atomic E-state index is 0.525. The molecule has 12 heavy (non-hydrogen) atoms. The zero-order valence-corrected chi connectivity index (χ0v) is 8.56. The van der Waals surface area contributed by atoms with Gasteiger partial charge in [0, 0.05) is 0 Å². The average molecular weight is 166 g/mol. The predicted molar refractivity (Wildman–Crippen MR) is 51.5 cm³/mol. The zero-order chi connectivity index (χ0) is 8.98. The van der Waals surface area contributed by atoms with E-state index in [0.29, 0.717) is 10.8 Å². The summed E-state index contributed by atoms with van der Waals surface area (Å²) in [6.07, 6.45) is 2.81. The second kappa shape index (κ2) is 2.25. The maximum Gasteiger partial charge on any atom is -0.0168 e. The molecule has 2 atom stereocenters. The van der Waals surface area contributed by atoms with Gasteiger partial charge in [-0.1, -0.05) is 20.8 Å². The van der Waals surface area contributed by atoms with Gasteiger partial charge in [-0.15, -0.1) is 0 Å². The lowest BCUT2D eigenvalue weighted by molar-refractivity contribution is 0.00118. The van der Waals surface area contributed by atoms with Gasteiger partial charge in [0.25, 0.3) is 0 Å². The van der Waals surface area contributed by atoms with Crippen LogP contribution in [0.5, 0.6) is 0 Å². The number of fused-ring (bicyclic) bond motifs is 2. The van der Waals surface area contributed by atoms with Crippen molar-refractivity contribution in [1.29, 1.82) is 0 Å². The smallest absolute Gasteiger partial charge is 0.0168 e. The first-order valence-electron chi connectivity index (χ1n) is 5.01. The van der Waals surface area contributed by atoms with Crippen molar-refractivity contribution in [3.63, 3.8) is 0 Å². The summed E-state index contributed by atoms with van der Waals surface area (Å²) in [7, 11) is 4.08. The van der Waals surface area contributed by atoms with Crippen molar-refractivity contribution >= 4 is 0 Å². The standard InChI is InChI=1S/C11H20N/c1-10(2)9-5-6-11(10,3)8-12(4)7-9/h9H,4-8H2,1-3H3/q-1. The lowest BCUT2D eigenvalue weighted by atomic mass is 9.63. The van der Waals surface area contributed by atoms with Crippen molar-refractivity contribution in [3.8, 4) is 0 Å². The summed E-state index contributed by atoms with van der Waals surface area (Å²) >= 11 is 0. The van der Waals surface area contributed by atoms with Gasteiger partial charge in [0.1, 0.15) is 0 Å². The Balaban J connectivity index is 2.31. The number of nitrogens with zero attached hydrogens (tertiary/aromatic N) is 1. The molecular formula is C11H20N-. The van der Waals surface area contributed by atoms with E-state index in [4.69, 9.17) is 0 Å². The first-order valence-corrected chi connectivity index (χ1v) is 5.01. The van der Waals surface area contributed by atoms with Crippen molar-refractivity contribution in [2.24, 2.45) is 16.7 Å². The summed E-state index contributed by atoms with van der Waals surface area (Å²) < 4.78 is 0. The molecule has 2 rings (SSSR count). The van der Waals surface area contributed by atoms with Crippen LogP contribution in [0.15, 0.2) is 0 Å². The number of piperidine rings is 1. The molecule has 2 unspecified atom stereocenters. The van der Waals surface area contributed by atoms with E-state index in [1.54, 1.807) is 0 Å². The fourth-order valence-electron chi connectivity index (χ4n) is 3.14. The highest BCUT2D eigenvalue weighted by atomic mass is 15.1.